The Kier molecular flexibility index (Phi) is 55.3. The third kappa shape index (κ3) is 48.6. The van der Waals surface area contributed by atoms with Crippen LogP contribution in [0.4, 0.5) is 0 Å². The fraction of sp³-hybridized carbons (Fsp3) is 0.885. The Bertz CT molecular complexity index is 1620. The fourth-order valence-corrected chi connectivity index (χ4v) is 12.4. The van der Waals surface area contributed by atoms with E-state index < -0.39 is 17.9 Å². The quantitative estimate of drug-likeness (QED) is 0.0367. The number of carbonyl (C=O) groups excluding carboxylic acids is 3. The normalized spacial score (nSPS) is 12.9. The molecule has 3 atom stereocenters. The maximum Gasteiger partial charge on any atom is 0.339 e. The van der Waals surface area contributed by atoms with Gasteiger partial charge in [-0.15, -0.1) is 0 Å². The van der Waals surface area contributed by atoms with Crippen molar-refractivity contribution in [2.75, 3.05) is 0 Å². The average molecular weight is 1180 g/mol. The lowest BCUT2D eigenvalue weighted by atomic mass is 9.99. The summed E-state index contributed by atoms with van der Waals surface area (Å²) in [5.74, 6) is 0.809. The van der Waals surface area contributed by atoms with E-state index in [2.05, 4.69) is 62.3 Å². The van der Waals surface area contributed by atoms with E-state index in [9.17, 15) is 14.4 Å². The molecule has 0 aliphatic carbocycles. The Morgan fingerprint density at radius 3 is 0.702 bits per heavy atom. The Morgan fingerprint density at radius 1 is 0.262 bits per heavy atom. The van der Waals surface area contributed by atoms with Crippen LogP contribution in [-0.4, -0.2) is 36.2 Å². The minimum Gasteiger partial charge on any atom is -0.459 e. The number of unbranched alkanes of at least 4 members (excludes halogenated alkanes) is 39. The van der Waals surface area contributed by atoms with E-state index in [0.717, 1.165) is 133 Å². The predicted octanol–water partition coefficient (Wildman–Crippen LogP) is 26.4. The van der Waals surface area contributed by atoms with Gasteiger partial charge in [-0.3, -0.25) is 0 Å². The van der Waals surface area contributed by atoms with Crippen LogP contribution in [-0.2, 0) is 14.2 Å². The molecular weight excluding hydrogens is 1030 g/mol. The van der Waals surface area contributed by atoms with Gasteiger partial charge in [0.05, 0.1) is 16.7 Å². The highest BCUT2D eigenvalue weighted by Gasteiger charge is 2.27. The molecule has 6 nitrogen and oxygen atoms in total. The van der Waals surface area contributed by atoms with Crippen LogP contribution >= 0.6 is 0 Å². The van der Waals surface area contributed by atoms with Crippen molar-refractivity contribution < 1.29 is 28.6 Å². The van der Waals surface area contributed by atoms with Crippen molar-refractivity contribution in [2.45, 2.75) is 427 Å². The summed E-state index contributed by atoms with van der Waals surface area (Å²) in [6, 6.07) is 5.00. The van der Waals surface area contributed by atoms with Gasteiger partial charge in [0.1, 0.15) is 18.3 Å². The Morgan fingerprint density at radius 2 is 0.464 bits per heavy atom. The lowest BCUT2D eigenvalue weighted by Crippen LogP contribution is -2.24. The highest BCUT2D eigenvalue weighted by molar-refractivity contribution is 6.05. The van der Waals surface area contributed by atoms with Gasteiger partial charge in [0.25, 0.3) is 0 Å². The van der Waals surface area contributed by atoms with Crippen molar-refractivity contribution >= 4 is 17.9 Å². The largest absolute Gasteiger partial charge is 0.459 e. The summed E-state index contributed by atoms with van der Waals surface area (Å²) >= 11 is 0. The molecule has 0 aliphatic rings. The minimum atomic E-state index is -0.516. The predicted molar refractivity (Wildman–Crippen MR) is 365 cm³/mol. The van der Waals surface area contributed by atoms with Crippen LogP contribution in [0.15, 0.2) is 18.2 Å². The third-order valence-corrected chi connectivity index (χ3v) is 18.1. The number of hydrogen-bond acceptors (Lipinski definition) is 6. The summed E-state index contributed by atoms with van der Waals surface area (Å²) in [5, 5.41) is 0. The van der Waals surface area contributed by atoms with Gasteiger partial charge >= 0.3 is 17.9 Å². The summed E-state index contributed by atoms with van der Waals surface area (Å²) in [6.07, 6.45) is 63.7. The second-order valence-corrected chi connectivity index (χ2v) is 28.0. The average Bonchev–Trinajstić information content (AvgIpc) is 3.58. The second kappa shape index (κ2) is 58.3. The van der Waals surface area contributed by atoms with Crippen molar-refractivity contribution in [1.82, 2.24) is 0 Å². The van der Waals surface area contributed by atoms with Crippen molar-refractivity contribution in [3.63, 3.8) is 0 Å². The maximum absolute atomic E-state index is 14.9. The van der Waals surface area contributed by atoms with Crippen molar-refractivity contribution in [3.8, 4) is 0 Å². The van der Waals surface area contributed by atoms with Gasteiger partial charge in [-0.2, -0.15) is 0 Å². The molecule has 0 aliphatic heterocycles. The van der Waals surface area contributed by atoms with Crippen LogP contribution in [0.3, 0.4) is 0 Å². The van der Waals surface area contributed by atoms with E-state index in [1.807, 2.05) is 0 Å². The molecule has 1 aromatic rings. The molecular formula is C78H144O6. The first-order chi connectivity index (χ1) is 40.9. The molecule has 3 unspecified atom stereocenters. The number of carbonyl (C=O) groups is 3. The van der Waals surface area contributed by atoms with E-state index >= 15 is 0 Å². The molecule has 84 heavy (non-hydrogen) atoms. The van der Waals surface area contributed by atoms with Crippen LogP contribution in [0, 0.1) is 17.8 Å². The van der Waals surface area contributed by atoms with Crippen molar-refractivity contribution in [2.24, 2.45) is 17.8 Å². The molecule has 0 saturated heterocycles. The van der Waals surface area contributed by atoms with E-state index in [4.69, 9.17) is 14.2 Å². The molecule has 0 heterocycles. The molecule has 1 rings (SSSR count). The molecule has 0 saturated carbocycles. The summed E-state index contributed by atoms with van der Waals surface area (Å²) in [6.45, 7) is 20.7. The SMILES string of the molecule is CCCCCCCCCCCCC(CCCCCCCC(C)C)OC(=O)c1ccc(C(=O)OC(CCCCCCCCCCCC)CCCCCCCC(C)C)c(C(=O)OC(CCCCCCCCCCCC)CCCCCCCC(C)C)c1. The number of esters is 3. The first-order valence-electron chi connectivity index (χ1n) is 37.7. The van der Waals surface area contributed by atoms with Crippen LogP contribution in [0.2, 0.25) is 0 Å². The summed E-state index contributed by atoms with van der Waals surface area (Å²) in [4.78, 5) is 44.1. The first kappa shape index (κ1) is 79.6. The molecule has 6 heteroatoms. The van der Waals surface area contributed by atoms with Crippen molar-refractivity contribution in [3.05, 3.63) is 34.9 Å². The smallest absolute Gasteiger partial charge is 0.339 e. The minimum absolute atomic E-state index is 0.145. The zero-order valence-corrected chi connectivity index (χ0v) is 57.8. The molecule has 0 aromatic heterocycles. The molecule has 0 N–H and O–H groups in total. The van der Waals surface area contributed by atoms with Crippen LogP contribution < -0.4 is 0 Å². The topological polar surface area (TPSA) is 78.9 Å². The van der Waals surface area contributed by atoms with Gasteiger partial charge in [-0.1, -0.05) is 332 Å². The zero-order chi connectivity index (χ0) is 61.4. The Balaban J connectivity index is 3.50. The van der Waals surface area contributed by atoms with E-state index in [-0.39, 0.29) is 29.4 Å². The van der Waals surface area contributed by atoms with E-state index in [1.54, 1.807) is 18.2 Å². The van der Waals surface area contributed by atoms with Gasteiger partial charge in [0.2, 0.25) is 0 Å². The molecule has 0 spiro atoms. The second-order valence-electron chi connectivity index (χ2n) is 28.0. The molecule has 492 valence electrons. The van der Waals surface area contributed by atoms with Gasteiger partial charge in [0, 0.05) is 0 Å². The summed E-state index contributed by atoms with van der Waals surface area (Å²) in [7, 11) is 0. The maximum atomic E-state index is 14.9. The number of hydrogen-bond donors (Lipinski definition) is 0. The summed E-state index contributed by atoms with van der Waals surface area (Å²) < 4.78 is 19.6. The molecule has 0 fully saturated rings. The van der Waals surface area contributed by atoms with Gasteiger partial charge in [-0.25, -0.2) is 14.4 Å². The first-order valence-corrected chi connectivity index (χ1v) is 37.7. The number of rotatable bonds is 63. The lowest BCUT2D eigenvalue weighted by molar-refractivity contribution is 0.0198. The van der Waals surface area contributed by atoms with E-state index in [1.165, 1.54) is 231 Å². The van der Waals surface area contributed by atoms with Crippen LogP contribution in [0.1, 0.15) is 440 Å². The van der Waals surface area contributed by atoms with Crippen LogP contribution in [0.25, 0.3) is 0 Å². The van der Waals surface area contributed by atoms with Crippen molar-refractivity contribution in [1.29, 1.82) is 0 Å². The molecule has 0 amide bonds. The number of ether oxygens (including phenoxy) is 3. The summed E-state index contributed by atoms with van der Waals surface area (Å²) in [5.41, 5.74) is 0.666. The Hall–Kier alpha value is -2.37. The zero-order valence-electron chi connectivity index (χ0n) is 57.8. The molecule has 0 bridgehead atoms. The van der Waals surface area contributed by atoms with E-state index in [0.29, 0.717) is 5.56 Å². The third-order valence-electron chi connectivity index (χ3n) is 18.1. The Labute approximate surface area is 524 Å². The lowest BCUT2D eigenvalue weighted by Gasteiger charge is -2.22. The fourth-order valence-electron chi connectivity index (χ4n) is 12.4. The van der Waals surface area contributed by atoms with Gasteiger partial charge in [0.15, 0.2) is 0 Å². The molecule has 0 radical (unpaired) electrons. The monoisotopic (exact) mass is 1180 g/mol. The highest BCUT2D eigenvalue weighted by atomic mass is 16.6. The highest BCUT2D eigenvalue weighted by Crippen LogP contribution is 2.27. The molecule has 1 aromatic carbocycles. The van der Waals surface area contributed by atoms with Gasteiger partial charge in [-0.05, 0) is 113 Å². The van der Waals surface area contributed by atoms with Gasteiger partial charge < -0.3 is 14.2 Å². The van der Waals surface area contributed by atoms with Crippen LogP contribution in [0.5, 0.6) is 0 Å². The number of benzene rings is 1. The standard InChI is InChI=1S/C78H144O6/c1-10-13-16-19-22-25-28-31-40-49-58-71(59-52-43-34-37-46-55-67(4)5)82-76(79)70-64-65-74(77(80)83-72(61-53-44-35-38-47-56-68(6)7)60-50-41-32-29-26-23-20-17-14-11-2)75(66-70)78(81)84-73(63-54-45-36-39-48-57-69(8)9)62-51-42-33-30-27-24-21-18-15-12-3/h64-69,71-73H,10-63H2,1-9H3.